The summed E-state index contributed by atoms with van der Waals surface area (Å²) in [6, 6.07) is 0. The lowest BCUT2D eigenvalue weighted by Gasteiger charge is -2.51. The molecule has 2 aliphatic heterocycles. The van der Waals surface area contributed by atoms with Crippen molar-refractivity contribution in [2.75, 3.05) is 46.4 Å². The molecule has 0 aromatic rings. The molecule has 0 radical (unpaired) electrons. The van der Waals surface area contributed by atoms with Crippen LogP contribution < -0.4 is 5.73 Å². The first kappa shape index (κ1) is 15.2. The van der Waals surface area contributed by atoms with Gasteiger partial charge in [-0.25, -0.2) is 0 Å². The van der Waals surface area contributed by atoms with Gasteiger partial charge >= 0.3 is 0 Å². The lowest BCUT2D eigenvalue weighted by Crippen LogP contribution is -2.63. The molecule has 2 saturated heterocycles. The maximum absolute atomic E-state index is 6.18. The highest BCUT2D eigenvalue weighted by atomic mass is 16.5. The Bertz CT molecular complexity index is 277. The normalized spacial score (nSPS) is 33.5. The number of ether oxygens (including phenoxy) is 1. The number of nitrogens with zero attached hydrogens (tertiary/aromatic N) is 2. The highest BCUT2D eigenvalue weighted by Crippen LogP contribution is 2.32. The molecule has 0 aromatic carbocycles. The standard InChI is InChI=1S/C15H31N3O/c1-4-17-9-6-15(12-16,7-10-17)18-8-5-13(2)14(11-18)19-3/h13-14H,4-12,16H2,1-3H3. The van der Waals surface area contributed by atoms with Crippen molar-refractivity contribution in [3.8, 4) is 0 Å². The summed E-state index contributed by atoms with van der Waals surface area (Å²) < 4.78 is 5.66. The van der Waals surface area contributed by atoms with Crippen LogP contribution in [0.4, 0.5) is 0 Å². The van der Waals surface area contributed by atoms with Gasteiger partial charge in [0.15, 0.2) is 0 Å². The fraction of sp³-hybridized carbons (Fsp3) is 1.00. The number of methoxy groups -OCH3 is 1. The van der Waals surface area contributed by atoms with Crippen LogP contribution in [0.15, 0.2) is 0 Å². The molecule has 4 heteroatoms. The van der Waals surface area contributed by atoms with Crippen LogP contribution in [0, 0.1) is 5.92 Å². The second-order valence-corrected chi connectivity index (χ2v) is 6.35. The molecule has 112 valence electrons. The molecule has 2 aliphatic rings. The summed E-state index contributed by atoms with van der Waals surface area (Å²) in [5.74, 6) is 0.673. The van der Waals surface area contributed by atoms with Crippen molar-refractivity contribution in [1.82, 2.24) is 9.80 Å². The SMILES string of the molecule is CCN1CCC(CN)(N2CCC(C)C(OC)C2)CC1. The maximum atomic E-state index is 6.18. The first-order chi connectivity index (χ1) is 9.15. The van der Waals surface area contributed by atoms with E-state index < -0.39 is 0 Å². The van der Waals surface area contributed by atoms with E-state index in [2.05, 4.69) is 23.6 Å². The first-order valence-corrected chi connectivity index (χ1v) is 7.85. The molecular formula is C15H31N3O. The van der Waals surface area contributed by atoms with Crippen molar-refractivity contribution in [2.24, 2.45) is 11.7 Å². The Kier molecular flexibility index (Phi) is 5.23. The monoisotopic (exact) mass is 269 g/mol. The lowest BCUT2D eigenvalue weighted by molar-refractivity contribution is -0.0614. The Balaban J connectivity index is 2.01. The number of rotatable bonds is 4. The van der Waals surface area contributed by atoms with Gasteiger partial charge < -0.3 is 15.4 Å². The van der Waals surface area contributed by atoms with Crippen LogP contribution in [0.5, 0.6) is 0 Å². The molecule has 0 bridgehead atoms. The van der Waals surface area contributed by atoms with Crippen LogP contribution in [-0.2, 0) is 4.74 Å². The van der Waals surface area contributed by atoms with Gasteiger partial charge in [0.25, 0.3) is 0 Å². The molecule has 2 heterocycles. The Morgan fingerprint density at radius 2 is 1.95 bits per heavy atom. The van der Waals surface area contributed by atoms with Crippen molar-refractivity contribution in [2.45, 2.75) is 44.8 Å². The quantitative estimate of drug-likeness (QED) is 0.831. The molecule has 0 aromatic heterocycles. The van der Waals surface area contributed by atoms with Crippen LogP contribution in [0.1, 0.15) is 33.1 Å². The molecule has 2 rings (SSSR count). The summed E-state index contributed by atoms with van der Waals surface area (Å²) in [5, 5.41) is 0. The van der Waals surface area contributed by atoms with Crippen molar-refractivity contribution in [3.63, 3.8) is 0 Å². The molecule has 0 amide bonds. The minimum Gasteiger partial charge on any atom is -0.380 e. The maximum Gasteiger partial charge on any atom is 0.0724 e. The van der Waals surface area contributed by atoms with E-state index in [4.69, 9.17) is 10.5 Å². The first-order valence-electron chi connectivity index (χ1n) is 7.85. The zero-order valence-corrected chi connectivity index (χ0v) is 12.9. The second-order valence-electron chi connectivity index (χ2n) is 6.35. The van der Waals surface area contributed by atoms with Gasteiger partial charge in [-0.3, -0.25) is 4.90 Å². The average molecular weight is 269 g/mol. The minimum absolute atomic E-state index is 0.225. The Morgan fingerprint density at radius 1 is 1.26 bits per heavy atom. The summed E-state index contributed by atoms with van der Waals surface area (Å²) in [6.07, 6.45) is 4.03. The van der Waals surface area contributed by atoms with Gasteiger partial charge in [0.1, 0.15) is 0 Å². The van der Waals surface area contributed by atoms with E-state index in [9.17, 15) is 0 Å². The fourth-order valence-corrected chi connectivity index (χ4v) is 3.71. The van der Waals surface area contributed by atoms with E-state index in [-0.39, 0.29) is 5.54 Å². The summed E-state index contributed by atoms with van der Waals surface area (Å²) >= 11 is 0. The van der Waals surface area contributed by atoms with Gasteiger partial charge in [-0.15, -0.1) is 0 Å². The third-order valence-electron chi connectivity index (χ3n) is 5.48. The molecule has 0 spiro atoms. The zero-order chi connectivity index (χ0) is 13.9. The number of likely N-dealkylation sites (tertiary alicyclic amines) is 2. The predicted molar refractivity (Wildman–Crippen MR) is 79.3 cm³/mol. The van der Waals surface area contributed by atoms with Gasteiger partial charge in [0.05, 0.1) is 6.10 Å². The molecule has 19 heavy (non-hydrogen) atoms. The number of nitrogens with two attached hydrogens (primary N) is 1. The molecule has 0 saturated carbocycles. The van der Waals surface area contributed by atoms with Gasteiger partial charge in [0.2, 0.25) is 0 Å². The summed E-state index contributed by atoms with van der Waals surface area (Å²) in [5.41, 5.74) is 6.40. The van der Waals surface area contributed by atoms with E-state index in [1.54, 1.807) is 0 Å². The van der Waals surface area contributed by atoms with Gasteiger partial charge in [-0.2, -0.15) is 0 Å². The minimum atomic E-state index is 0.225. The average Bonchev–Trinajstić information content (AvgIpc) is 2.47. The van der Waals surface area contributed by atoms with Crippen molar-refractivity contribution >= 4 is 0 Å². The van der Waals surface area contributed by atoms with Crippen molar-refractivity contribution in [3.05, 3.63) is 0 Å². The predicted octanol–water partition coefficient (Wildman–Crippen LogP) is 1.16. The molecule has 2 N–H and O–H groups in total. The largest absolute Gasteiger partial charge is 0.380 e. The van der Waals surface area contributed by atoms with E-state index in [1.165, 1.54) is 45.4 Å². The third-order valence-corrected chi connectivity index (χ3v) is 5.48. The van der Waals surface area contributed by atoms with E-state index in [0.29, 0.717) is 12.0 Å². The Morgan fingerprint density at radius 3 is 2.47 bits per heavy atom. The molecule has 2 atom stereocenters. The van der Waals surface area contributed by atoms with Crippen LogP contribution in [0.2, 0.25) is 0 Å². The van der Waals surface area contributed by atoms with Crippen LogP contribution in [-0.4, -0.2) is 67.8 Å². The summed E-state index contributed by atoms with van der Waals surface area (Å²) in [4.78, 5) is 5.17. The molecule has 4 nitrogen and oxygen atoms in total. The highest BCUT2D eigenvalue weighted by Gasteiger charge is 2.41. The highest BCUT2D eigenvalue weighted by molar-refractivity contribution is 4.98. The molecular weight excluding hydrogens is 238 g/mol. The van der Waals surface area contributed by atoms with Crippen LogP contribution in [0.3, 0.4) is 0 Å². The fourth-order valence-electron chi connectivity index (χ4n) is 3.71. The number of hydrogen-bond donors (Lipinski definition) is 1. The lowest BCUT2D eigenvalue weighted by atomic mass is 9.82. The Hall–Kier alpha value is -0.160. The number of hydrogen-bond acceptors (Lipinski definition) is 4. The third kappa shape index (κ3) is 3.13. The zero-order valence-electron chi connectivity index (χ0n) is 12.9. The van der Waals surface area contributed by atoms with Gasteiger partial charge in [0, 0.05) is 25.7 Å². The molecule has 0 aliphatic carbocycles. The van der Waals surface area contributed by atoms with Crippen LogP contribution >= 0.6 is 0 Å². The summed E-state index contributed by atoms with van der Waals surface area (Å²) in [7, 11) is 1.85. The van der Waals surface area contributed by atoms with Gasteiger partial charge in [-0.1, -0.05) is 13.8 Å². The van der Waals surface area contributed by atoms with E-state index in [1.807, 2.05) is 7.11 Å². The topological polar surface area (TPSA) is 41.7 Å². The van der Waals surface area contributed by atoms with Crippen LogP contribution in [0.25, 0.3) is 0 Å². The second kappa shape index (κ2) is 6.53. The molecule has 2 fully saturated rings. The number of piperidine rings is 2. The van der Waals surface area contributed by atoms with Crippen molar-refractivity contribution < 1.29 is 4.74 Å². The summed E-state index contributed by atoms with van der Waals surface area (Å²) in [6.45, 7) is 11.1. The van der Waals surface area contributed by atoms with E-state index >= 15 is 0 Å². The van der Waals surface area contributed by atoms with Gasteiger partial charge in [-0.05, 0) is 51.4 Å². The smallest absolute Gasteiger partial charge is 0.0724 e. The Labute approximate surface area is 118 Å². The molecule has 2 unspecified atom stereocenters. The van der Waals surface area contributed by atoms with E-state index in [0.717, 1.165) is 13.1 Å². The van der Waals surface area contributed by atoms with Crippen molar-refractivity contribution in [1.29, 1.82) is 0 Å².